The topological polar surface area (TPSA) is 21.3 Å². The molecular formula is C15H25NO. The van der Waals surface area contributed by atoms with Crippen molar-refractivity contribution in [3.05, 3.63) is 29.3 Å². The van der Waals surface area contributed by atoms with Gasteiger partial charge in [-0.25, -0.2) is 0 Å². The number of aryl methyl sites for hydroxylation is 2. The quantitative estimate of drug-likeness (QED) is 0.698. The lowest BCUT2D eigenvalue weighted by Gasteiger charge is -2.11. The highest BCUT2D eigenvalue weighted by molar-refractivity contribution is 5.37. The highest BCUT2D eigenvalue weighted by Gasteiger charge is 2.03. The van der Waals surface area contributed by atoms with Gasteiger partial charge in [0.25, 0.3) is 0 Å². The SMILES string of the molecule is CCNCCCCc1cc(C)ccc1OCC. The summed E-state index contributed by atoms with van der Waals surface area (Å²) < 4.78 is 5.65. The van der Waals surface area contributed by atoms with Crippen molar-refractivity contribution in [3.63, 3.8) is 0 Å². The monoisotopic (exact) mass is 235 g/mol. The van der Waals surface area contributed by atoms with E-state index in [4.69, 9.17) is 4.74 Å². The van der Waals surface area contributed by atoms with Crippen molar-refractivity contribution in [2.75, 3.05) is 19.7 Å². The van der Waals surface area contributed by atoms with Crippen molar-refractivity contribution in [2.45, 2.75) is 40.0 Å². The Hall–Kier alpha value is -1.02. The second-order valence-corrected chi connectivity index (χ2v) is 4.35. The third-order valence-corrected chi connectivity index (χ3v) is 2.82. The average molecular weight is 235 g/mol. The zero-order valence-corrected chi connectivity index (χ0v) is 11.4. The fourth-order valence-corrected chi connectivity index (χ4v) is 1.94. The molecular weight excluding hydrogens is 210 g/mol. The van der Waals surface area contributed by atoms with Crippen LogP contribution in [0.15, 0.2) is 18.2 Å². The average Bonchev–Trinajstić information content (AvgIpc) is 2.32. The van der Waals surface area contributed by atoms with E-state index in [1.54, 1.807) is 0 Å². The lowest BCUT2D eigenvalue weighted by Crippen LogP contribution is -2.14. The summed E-state index contributed by atoms with van der Waals surface area (Å²) in [7, 11) is 0. The molecule has 0 heterocycles. The van der Waals surface area contributed by atoms with Crippen LogP contribution >= 0.6 is 0 Å². The van der Waals surface area contributed by atoms with E-state index in [9.17, 15) is 0 Å². The molecule has 0 amide bonds. The summed E-state index contributed by atoms with van der Waals surface area (Å²) >= 11 is 0. The summed E-state index contributed by atoms with van der Waals surface area (Å²) in [6.45, 7) is 9.24. The van der Waals surface area contributed by atoms with E-state index in [1.807, 2.05) is 6.92 Å². The second-order valence-electron chi connectivity index (χ2n) is 4.35. The Morgan fingerprint density at radius 2 is 2.00 bits per heavy atom. The summed E-state index contributed by atoms with van der Waals surface area (Å²) in [4.78, 5) is 0. The Balaban J connectivity index is 2.47. The third kappa shape index (κ3) is 5.22. The molecule has 0 spiro atoms. The molecule has 0 aliphatic heterocycles. The first-order valence-corrected chi connectivity index (χ1v) is 6.71. The lowest BCUT2D eigenvalue weighted by molar-refractivity contribution is 0.336. The summed E-state index contributed by atoms with van der Waals surface area (Å²) in [5, 5.41) is 3.35. The first-order chi connectivity index (χ1) is 8.27. The summed E-state index contributed by atoms with van der Waals surface area (Å²) in [5.74, 6) is 1.06. The van der Waals surface area contributed by atoms with Crippen LogP contribution in [0.2, 0.25) is 0 Å². The molecule has 0 bridgehead atoms. The fourth-order valence-electron chi connectivity index (χ4n) is 1.94. The Morgan fingerprint density at radius 1 is 1.18 bits per heavy atom. The molecule has 0 atom stereocenters. The lowest BCUT2D eigenvalue weighted by atomic mass is 10.0. The molecule has 2 nitrogen and oxygen atoms in total. The molecule has 1 aromatic carbocycles. The van der Waals surface area contributed by atoms with Gasteiger partial charge < -0.3 is 10.1 Å². The molecule has 1 N–H and O–H groups in total. The maximum absolute atomic E-state index is 5.65. The molecule has 0 unspecified atom stereocenters. The maximum Gasteiger partial charge on any atom is 0.122 e. The second kappa shape index (κ2) is 8.13. The van der Waals surface area contributed by atoms with Crippen LogP contribution in [0.25, 0.3) is 0 Å². The Labute approximate surface area is 105 Å². The van der Waals surface area contributed by atoms with Gasteiger partial charge in [0.2, 0.25) is 0 Å². The minimum atomic E-state index is 0.744. The molecule has 2 heteroatoms. The number of hydrogen-bond acceptors (Lipinski definition) is 2. The molecule has 1 rings (SSSR count). The van der Waals surface area contributed by atoms with Crippen LogP contribution in [0.5, 0.6) is 5.75 Å². The number of nitrogens with one attached hydrogen (secondary N) is 1. The highest BCUT2D eigenvalue weighted by Crippen LogP contribution is 2.21. The van der Waals surface area contributed by atoms with E-state index in [2.05, 4.69) is 37.4 Å². The predicted molar refractivity (Wildman–Crippen MR) is 73.8 cm³/mol. The Kier molecular flexibility index (Phi) is 6.71. The van der Waals surface area contributed by atoms with Crippen LogP contribution in [-0.2, 0) is 6.42 Å². The standard InChI is InChI=1S/C15H25NO/c1-4-16-11-7-6-8-14-12-13(3)9-10-15(14)17-5-2/h9-10,12,16H,4-8,11H2,1-3H3. The molecule has 0 aromatic heterocycles. The summed E-state index contributed by atoms with van der Waals surface area (Å²) in [5.41, 5.74) is 2.67. The zero-order chi connectivity index (χ0) is 12.5. The van der Waals surface area contributed by atoms with E-state index < -0.39 is 0 Å². The van der Waals surface area contributed by atoms with Crippen molar-refractivity contribution < 1.29 is 4.74 Å². The number of benzene rings is 1. The van der Waals surface area contributed by atoms with Gasteiger partial charge in [0.15, 0.2) is 0 Å². The molecule has 0 saturated heterocycles. The van der Waals surface area contributed by atoms with E-state index in [0.717, 1.165) is 31.9 Å². The molecule has 17 heavy (non-hydrogen) atoms. The van der Waals surface area contributed by atoms with Crippen LogP contribution in [0, 0.1) is 6.92 Å². The van der Waals surface area contributed by atoms with Gasteiger partial charge in [0.05, 0.1) is 6.61 Å². The van der Waals surface area contributed by atoms with Crippen LogP contribution in [0.3, 0.4) is 0 Å². The molecule has 0 aliphatic carbocycles. The van der Waals surface area contributed by atoms with E-state index >= 15 is 0 Å². The van der Waals surface area contributed by atoms with Gasteiger partial charge in [0.1, 0.15) is 5.75 Å². The Bertz CT molecular complexity index is 323. The normalized spacial score (nSPS) is 10.5. The highest BCUT2D eigenvalue weighted by atomic mass is 16.5. The van der Waals surface area contributed by atoms with Crippen molar-refractivity contribution in [1.82, 2.24) is 5.32 Å². The van der Waals surface area contributed by atoms with Gasteiger partial charge in [-0.05, 0) is 57.8 Å². The minimum Gasteiger partial charge on any atom is -0.494 e. The molecule has 96 valence electrons. The maximum atomic E-state index is 5.65. The molecule has 0 aliphatic rings. The predicted octanol–water partition coefficient (Wildman–Crippen LogP) is 3.33. The number of unbranched alkanes of at least 4 members (excludes halogenated alkanes) is 1. The van der Waals surface area contributed by atoms with Gasteiger partial charge in [-0.3, -0.25) is 0 Å². The van der Waals surface area contributed by atoms with Gasteiger partial charge in [-0.1, -0.05) is 24.6 Å². The van der Waals surface area contributed by atoms with Crippen molar-refractivity contribution in [3.8, 4) is 5.75 Å². The third-order valence-electron chi connectivity index (χ3n) is 2.82. The first kappa shape index (κ1) is 14.0. The van der Waals surface area contributed by atoms with Crippen molar-refractivity contribution >= 4 is 0 Å². The smallest absolute Gasteiger partial charge is 0.122 e. The van der Waals surface area contributed by atoms with Crippen LogP contribution in [-0.4, -0.2) is 19.7 Å². The molecule has 0 saturated carbocycles. The minimum absolute atomic E-state index is 0.744. The summed E-state index contributed by atoms with van der Waals surface area (Å²) in [6, 6.07) is 6.46. The van der Waals surface area contributed by atoms with Crippen LogP contribution < -0.4 is 10.1 Å². The van der Waals surface area contributed by atoms with Crippen LogP contribution in [0.4, 0.5) is 0 Å². The van der Waals surface area contributed by atoms with Crippen molar-refractivity contribution in [2.24, 2.45) is 0 Å². The number of ether oxygens (including phenoxy) is 1. The first-order valence-electron chi connectivity index (χ1n) is 6.71. The zero-order valence-electron chi connectivity index (χ0n) is 11.4. The molecule has 0 radical (unpaired) electrons. The fraction of sp³-hybridized carbons (Fsp3) is 0.600. The Morgan fingerprint density at radius 3 is 2.71 bits per heavy atom. The van der Waals surface area contributed by atoms with E-state index in [0.29, 0.717) is 0 Å². The molecule has 1 aromatic rings. The number of hydrogen-bond donors (Lipinski definition) is 1. The van der Waals surface area contributed by atoms with Gasteiger partial charge >= 0.3 is 0 Å². The van der Waals surface area contributed by atoms with Gasteiger partial charge in [-0.2, -0.15) is 0 Å². The summed E-state index contributed by atoms with van der Waals surface area (Å²) in [6.07, 6.45) is 3.56. The van der Waals surface area contributed by atoms with E-state index in [-0.39, 0.29) is 0 Å². The van der Waals surface area contributed by atoms with Crippen LogP contribution in [0.1, 0.15) is 37.8 Å². The van der Waals surface area contributed by atoms with Gasteiger partial charge in [0, 0.05) is 0 Å². The van der Waals surface area contributed by atoms with Gasteiger partial charge in [-0.15, -0.1) is 0 Å². The van der Waals surface area contributed by atoms with Crippen molar-refractivity contribution in [1.29, 1.82) is 0 Å². The largest absolute Gasteiger partial charge is 0.494 e. The van der Waals surface area contributed by atoms with E-state index in [1.165, 1.54) is 24.0 Å². The number of rotatable bonds is 8. The molecule has 0 fully saturated rings.